The lowest BCUT2D eigenvalue weighted by Crippen LogP contribution is -2.41. The highest BCUT2D eigenvalue weighted by atomic mass is 127. The van der Waals surface area contributed by atoms with Crippen LogP contribution in [0.2, 0.25) is 0 Å². The largest absolute Gasteiger partial charge is 0.381 e. The molecule has 0 amide bonds. The minimum atomic E-state index is -0.165. The zero-order chi connectivity index (χ0) is 17.0. The van der Waals surface area contributed by atoms with Gasteiger partial charge in [-0.1, -0.05) is 15.9 Å². The van der Waals surface area contributed by atoms with E-state index in [1.165, 1.54) is 6.07 Å². The molecule has 2 fully saturated rings. The minimum absolute atomic E-state index is 0. The van der Waals surface area contributed by atoms with Crippen LogP contribution in [-0.2, 0) is 11.2 Å². The first kappa shape index (κ1) is 20.9. The number of halogens is 3. The molecule has 3 rings (SSSR count). The molecule has 1 unspecified atom stereocenters. The number of hydrogen-bond acceptors (Lipinski definition) is 2. The molecule has 0 bridgehead atoms. The van der Waals surface area contributed by atoms with Crippen LogP contribution in [0.15, 0.2) is 27.7 Å². The zero-order valence-corrected chi connectivity index (χ0v) is 18.5. The Kier molecular flexibility index (Phi) is 7.94. The number of nitrogens with zero attached hydrogens (tertiary/aromatic N) is 2. The Morgan fingerprint density at radius 1 is 1.44 bits per heavy atom. The maximum atomic E-state index is 13.8. The molecule has 0 radical (unpaired) electrons. The van der Waals surface area contributed by atoms with E-state index in [0.29, 0.717) is 23.9 Å². The third-order valence-electron chi connectivity index (χ3n) is 4.91. The van der Waals surface area contributed by atoms with Crippen LogP contribution in [0, 0.1) is 11.2 Å². The maximum Gasteiger partial charge on any atom is 0.193 e. The number of rotatable bonds is 4. The SMILES string of the molecule is CCNC(=NCCc1cc(Br)ccc1F)N1CCC2(CCOC2)C1.I. The van der Waals surface area contributed by atoms with Crippen molar-refractivity contribution < 1.29 is 9.13 Å². The summed E-state index contributed by atoms with van der Waals surface area (Å²) in [4.78, 5) is 7.05. The van der Waals surface area contributed by atoms with Gasteiger partial charge < -0.3 is 15.0 Å². The van der Waals surface area contributed by atoms with Gasteiger partial charge in [0.2, 0.25) is 0 Å². The molecule has 4 nitrogen and oxygen atoms in total. The Balaban J connectivity index is 0.00000225. The monoisotopic (exact) mass is 525 g/mol. The quantitative estimate of drug-likeness (QED) is 0.369. The second-order valence-electron chi connectivity index (χ2n) is 6.70. The lowest BCUT2D eigenvalue weighted by atomic mass is 9.87. The van der Waals surface area contributed by atoms with Gasteiger partial charge in [-0.3, -0.25) is 4.99 Å². The lowest BCUT2D eigenvalue weighted by Gasteiger charge is -2.25. The van der Waals surface area contributed by atoms with Crippen molar-refractivity contribution >= 4 is 45.9 Å². The van der Waals surface area contributed by atoms with Crippen molar-refractivity contribution in [2.75, 3.05) is 39.4 Å². The highest BCUT2D eigenvalue weighted by Gasteiger charge is 2.42. The molecule has 2 saturated heterocycles. The second kappa shape index (κ2) is 9.50. The molecular weight excluding hydrogens is 500 g/mol. The van der Waals surface area contributed by atoms with Crippen LogP contribution in [0.25, 0.3) is 0 Å². The van der Waals surface area contributed by atoms with E-state index >= 15 is 0 Å². The molecular formula is C18H26BrFIN3O. The molecule has 1 aromatic rings. The van der Waals surface area contributed by atoms with E-state index in [0.717, 1.165) is 56.1 Å². The van der Waals surface area contributed by atoms with E-state index in [2.05, 4.69) is 33.1 Å². The molecule has 1 spiro atoms. The summed E-state index contributed by atoms with van der Waals surface area (Å²) in [6.07, 6.45) is 2.91. The molecule has 140 valence electrons. The van der Waals surface area contributed by atoms with Crippen molar-refractivity contribution in [1.29, 1.82) is 0 Å². The van der Waals surface area contributed by atoms with Gasteiger partial charge in [0.25, 0.3) is 0 Å². The Bertz CT molecular complexity index is 608. The van der Waals surface area contributed by atoms with Gasteiger partial charge in [-0.25, -0.2) is 4.39 Å². The van der Waals surface area contributed by atoms with Crippen LogP contribution >= 0.6 is 39.9 Å². The van der Waals surface area contributed by atoms with Crippen LogP contribution in [0.4, 0.5) is 4.39 Å². The summed E-state index contributed by atoms with van der Waals surface area (Å²) < 4.78 is 20.3. The lowest BCUT2D eigenvalue weighted by molar-refractivity contribution is 0.156. The van der Waals surface area contributed by atoms with E-state index in [-0.39, 0.29) is 29.8 Å². The average molecular weight is 526 g/mol. The summed E-state index contributed by atoms with van der Waals surface area (Å²) in [5.74, 6) is 0.776. The van der Waals surface area contributed by atoms with Crippen LogP contribution in [0.5, 0.6) is 0 Å². The van der Waals surface area contributed by atoms with Gasteiger partial charge in [0.05, 0.1) is 6.61 Å². The first-order valence-corrected chi connectivity index (χ1v) is 9.46. The van der Waals surface area contributed by atoms with E-state index in [1.807, 2.05) is 6.07 Å². The topological polar surface area (TPSA) is 36.9 Å². The van der Waals surface area contributed by atoms with Crippen molar-refractivity contribution in [2.24, 2.45) is 10.4 Å². The van der Waals surface area contributed by atoms with Crippen molar-refractivity contribution in [3.63, 3.8) is 0 Å². The van der Waals surface area contributed by atoms with Crippen molar-refractivity contribution in [1.82, 2.24) is 10.2 Å². The second-order valence-corrected chi connectivity index (χ2v) is 7.61. The Morgan fingerprint density at radius 3 is 3.00 bits per heavy atom. The third kappa shape index (κ3) is 5.29. The number of hydrogen-bond donors (Lipinski definition) is 1. The predicted molar refractivity (Wildman–Crippen MR) is 113 cm³/mol. The van der Waals surface area contributed by atoms with Crippen LogP contribution in [0.1, 0.15) is 25.3 Å². The minimum Gasteiger partial charge on any atom is -0.381 e. The summed E-state index contributed by atoms with van der Waals surface area (Å²) in [6.45, 7) is 7.26. The van der Waals surface area contributed by atoms with Gasteiger partial charge in [0, 0.05) is 42.7 Å². The highest BCUT2D eigenvalue weighted by Crippen LogP contribution is 2.38. The smallest absolute Gasteiger partial charge is 0.193 e. The molecule has 25 heavy (non-hydrogen) atoms. The first-order chi connectivity index (χ1) is 11.6. The summed E-state index contributed by atoms with van der Waals surface area (Å²) in [5, 5.41) is 3.38. The van der Waals surface area contributed by atoms with E-state index in [4.69, 9.17) is 9.73 Å². The van der Waals surface area contributed by atoms with Gasteiger partial charge in [-0.15, -0.1) is 24.0 Å². The molecule has 1 atom stereocenters. The summed E-state index contributed by atoms with van der Waals surface area (Å²) >= 11 is 3.40. The summed E-state index contributed by atoms with van der Waals surface area (Å²) in [7, 11) is 0. The molecule has 2 aliphatic rings. The van der Waals surface area contributed by atoms with E-state index < -0.39 is 0 Å². The van der Waals surface area contributed by atoms with E-state index in [1.54, 1.807) is 6.07 Å². The number of guanidine groups is 1. The maximum absolute atomic E-state index is 13.8. The normalized spacial score (nSPS) is 23.2. The fourth-order valence-corrected chi connectivity index (χ4v) is 3.94. The summed E-state index contributed by atoms with van der Waals surface area (Å²) in [6, 6.07) is 5.05. The van der Waals surface area contributed by atoms with Crippen LogP contribution < -0.4 is 5.32 Å². The molecule has 0 aromatic heterocycles. The Hall–Kier alpha value is -0.410. The number of benzene rings is 1. The van der Waals surface area contributed by atoms with Gasteiger partial charge in [-0.2, -0.15) is 0 Å². The van der Waals surface area contributed by atoms with Crippen molar-refractivity contribution in [3.05, 3.63) is 34.1 Å². The third-order valence-corrected chi connectivity index (χ3v) is 5.40. The van der Waals surface area contributed by atoms with Gasteiger partial charge in [0.1, 0.15) is 5.82 Å². The van der Waals surface area contributed by atoms with Crippen LogP contribution in [-0.4, -0.2) is 50.3 Å². The zero-order valence-electron chi connectivity index (χ0n) is 14.6. The molecule has 2 aliphatic heterocycles. The molecule has 7 heteroatoms. The number of aliphatic imine (C=N–C) groups is 1. The highest BCUT2D eigenvalue weighted by molar-refractivity contribution is 14.0. The predicted octanol–water partition coefficient (Wildman–Crippen LogP) is 3.83. The Labute approximate surface area is 174 Å². The molecule has 2 heterocycles. The standard InChI is InChI=1S/C18H25BrFN3O.HI/c1-2-21-17(23-9-6-18(12-23)7-10-24-13-18)22-8-5-14-11-15(19)3-4-16(14)20;/h3-4,11H,2,5-10,12-13H2,1H3,(H,21,22);1H. The van der Waals surface area contributed by atoms with Gasteiger partial charge in [0.15, 0.2) is 5.96 Å². The van der Waals surface area contributed by atoms with Crippen molar-refractivity contribution in [2.45, 2.75) is 26.2 Å². The van der Waals surface area contributed by atoms with Crippen molar-refractivity contribution in [3.8, 4) is 0 Å². The van der Waals surface area contributed by atoms with Gasteiger partial charge >= 0.3 is 0 Å². The molecule has 0 saturated carbocycles. The number of likely N-dealkylation sites (tertiary alicyclic amines) is 1. The molecule has 1 aromatic carbocycles. The van der Waals surface area contributed by atoms with E-state index in [9.17, 15) is 4.39 Å². The molecule has 0 aliphatic carbocycles. The number of nitrogens with one attached hydrogen (secondary N) is 1. The van der Waals surface area contributed by atoms with Crippen LogP contribution in [0.3, 0.4) is 0 Å². The van der Waals surface area contributed by atoms with Gasteiger partial charge in [-0.05, 0) is 49.9 Å². The fraction of sp³-hybridized carbons (Fsp3) is 0.611. The first-order valence-electron chi connectivity index (χ1n) is 8.67. The summed E-state index contributed by atoms with van der Waals surface area (Å²) in [5.41, 5.74) is 1.01. The molecule has 1 N–H and O–H groups in total. The number of ether oxygens (including phenoxy) is 1. The Morgan fingerprint density at radius 2 is 2.28 bits per heavy atom. The fourth-order valence-electron chi connectivity index (χ4n) is 3.53. The average Bonchev–Trinajstić information content (AvgIpc) is 3.20.